The molecule has 1 heterocycles. The highest BCUT2D eigenvalue weighted by Gasteiger charge is 2.22. The third-order valence-corrected chi connectivity index (χ3v) is 1.75. The molecule has 0 radical (unpaired) electrons. The maximum atomic E-state index is 11.3. The number of carbonyl (C=O) groups excluding carboxylic acids is 1. The maximum absolute atomic E-state index is 11.3. The normalized spacial score (nSPS) is 9.62. The van der Waals surface area contributed by atoms with Crippen LogP contribution in [-0.4, -0.2) is 29.6 Å². The summed E-state index contributed by atoms with van der Waals surface area (Å²) < 4.78 is 9.47. The Kier molecular flexibility index (Phi) is 3.76. The van der Waals surface area contributed by atoms with E-state index in [1.807, 2.05) is 0 Å². The lowest BCUT2D eigenvalue weighted by molar-refractivity contribution is -0.385. The van der Waals surface area contributed by atoms with E-state index in [2.05, 4.69) is 9.72 Å². The Morgan fingerprint density at radius 1 is 1.62 bits per heavy atom. The Hall–Kier alpha value is -2.18. The lowest BCUT2D eigenvalue weighted by atomic mass is 10.2. The molecule has 0 bridgehead atoms. The van der Waals surface area contributed by atoms with E-state index in [9.17, 15) is 14.9 Å². The predicted octanol–water partition coefficient (Wildman–Crippen LogP) is 1.18. The lowest BCUT2D eigenvalue weighted by Gasteiger charge is -2.04. The van der Waals surface area contributed by atoms with E-state index < -0.39 is 16.6 Å². The van der Waals surface area contributed by atoms with Crippen molar-refractivity contribution in [2.75, 3.05) is 13.7 Å². The summed E-state index contributed by atoms with van der Waals surface area (Å²) in [6.07, 6.45) is 0.969. The van der Waals surface area contributed by atoms with Crippen LogP contribution in [0.5, 0.6) is 5.88 Å². The molecule has 0 aliphatic heterocycles. The fourth-order valence-corrected chi connectivity index (χ4v) is 1.07. The van der Waals surface area contributed by atoms with Gasteiger partial charge in [0, 0.05) is 6.07 Å². The number of nitrogens with zero attached hydrogens (tertiary/aromatic N) is 2. The highest BCUT2D eigenvalue weighted by atomic mass is 16.6. The van der Waals surface area contributed by atoms with Gasteiger partial charge in [0.15, 0.2) is 0 Å². The van der Waals surface area contributed by atoms with E-state index in [1.165, 1.54) is 6.07 Å². The predicted molar refractivity (Wildman–Crippen MR) is 53.4 cm³/mol. The average Bonchev–Trinajstić information content (AvgIpc) is 2.28. The molecule has 16 heavy (non-hydrogen) atoms. The molecule has 1 aromatic heterocycles. The third-order valence-electron chi connectivity index (χ3n) is 1.75. The van der Waals surface area contributed by atoms with Crippen LogP contribution in [0.4, 0.5) is 5.69 Å². The van der Waals surface area contributed by atoms with Gasteiger partial charge in [-0.1, -0.05) is 0 Å². The highest BCUT2D eigenvalue weighted by molar-refractivity contribution is 5.93. The number of hydrogen-bond donors (Lipinski definition) is 0. The van der Waals surface area contributed by atoms with Gasteiger partial charge in [-0.3, -0.25) is 10.1 Å². The van der Waals surface area contributed by atoms with Crippen molar-refractivity contribution in [1.82, 2.24) is 4.98 Å². The molecule has 0 aliphatic carbocycles. The minimum Gasteiger partial charge on any atom is -0.478 e. The van der Waals surface area contributed by atoms with Gasteiger partial charge in [0.25, 0.3) is 0 Å². The second-order valence-electron chi connectivity index (χ2n) is 2.72. The molecule has 7 heteroatoms. The summed E-state index contributed by atoms with van der Waals surface area (Å²) in [6, 6.07) is 1.19. The number of methoxy groups -OCH3 is 1. The first-order chi connectivity index (χ1) is 7.60. The molecule has 0 atom stereocenters. The Bertz CT molecular complexity index is 418. The lowest BCUT2D eigenvalue weighted by Crippen LogP contribution is -2.07. The van der Waals surface area contributed by atoms with Crippen molar-refractivity contribution >= 4 is 11.7 Å². The van der Waals surface area contributed by atoms with Crippen LogP contribution in [0.15, 0.2) is 12.3 Å². The molecule has 1 rings (SSSR count). The molecule has 1 aromatic rings. The second-order valence-corrected chi connectivity index (χ2v) is 2.72. The zero-order chi connectivity index (χ0) is 12.1. The Morgan fingerprint density at radius 2 is 2.31 bits per heavy atom. The van der Waals surface area contributed by atoms with Crippen LogP contribution in [0, 0.1) is 10.1 Å². The summed E-state index contributed by atoms with van der Waals surface area (Å²) >= 11 is 0. The zero-order valence-electron chi connectivity index (χ0n) is 8.80. The van der Waals surface area contributed by atoms with Crippen molar-refractivity contribution in [3.63, 3.8) is 0 Å². The fraction of sp³-hybridized carbons (Fsp3) is 0.333. The van der Waals surface area contributed by atoms with Crippen LogP contribution in [0.3, 0.4) is 0 Å². The second kappa shape index (κ2) is 5.06. The first-order valence-corrected chi connectivity index (χ1v) is 4.45. The summed E-state index contributed by atoms with van der Waals surface area (Å²) in [5, 5.41) is 10.6. The molecule has 0 saturated carbocycles. The standard InChI is InChI=1S/C9H10N2O5/c1-3-16-8-4-6(9(12)15-2)7(5-10-8)11(13)14/h4-5H,3H2,1-2H3. The largest absolute Gasteiger partial charge is 0.478 e. The van der Waals surface area contributed by atoms with Crippen LogP contribution in [0.1, 0.15) is 17.3 Å². The monoisotopic (exact) mass is 226 g/mol. The van der Waals surface area contributed by atoms with Crippen molar-refractivity contribution in [1.29, 1.82) is 0 Å². The van der Waals surface area contributed by atoms with Crippen molar-refractivity contribution in [3.8, 4) is 5.88 Å². The van der Waals surface area contributed by atoms with Crippen LogP contribution >= 0.6 is 0 Å². The number of aromatic nitrogens is 1. The molecule has 0 unspecified atom stereocenters. The fourth-order valence-electron chi connectivity index (χ4n) is 1.07. The third kappa shape index (κ3) is 2.44. The Morgan fingerprint density at radius 3 is 2.81 bits per heavy atom. The van der Waals surface area contributed by atoms with Crippen LogP contribution in [0.2, 0.25) is 0 Å². The maximum Gasteiger partial charge on any atom is 0.345 e. The van der Waals surface area contributed by atoms with Gasteiger partial charge in [-0.2, -0.15) is 0 Å². The van der Waals surface area contributed by atoms with Crippen molar-refractivity contribution in [3.05, 3.63) is 27.9 Å². The van der Waals surface area contributed by atoms with E-state index in [0.29, 0.717) is 6.61 Å². The molecular formula is C9H10N2O5. The van der Waals surface area contributed by atoms with Crippen LogP contribution in [-0.2, 0) is 4.74 Å². The topological polar surface area (TPSA) is 91.6 Å². The van der Waals surface area contributed by atoms with Crippen LogP contribution < -0.4 is 4.74 Å². The number of hydrogen-bond acceptors (Lipinski definition) is 6. The summed E-state index contributed by atoms with van der Waals surface area (Å²) in [7, 11) is 1.15. The summed E-state index contributed by atoms with van der Waals surface area (Å²) in [4.78, 5) is 24.9. The Labute approximate surface area is 91.2 Å². The van der Waals surface area contributed by atoms with Gasteiger partial charge in [0.1, 0.15) is 11.8 Å². The molecule has 0 saturated heterocycles. The summed E-state index contributed by atoms with van der Waals surface area (Å²) in [5.74, 6) is -0.649. The van der Waals surface area contributed by atoms with Crippen molar-refractivity contribution in [2.24, 2.45) is 0 Å². The quantitative estimate of drug-likeness (QED) is 0.434. The summed E-state index contributed by atoms with van der Waals surface area (Å²) in [5.41, 5.74) is -0.582. The molecule has 86 valence electrons. The number of esters is 1. The molecule has 0 spiro atoms. The van der Waals surface area contributed by atoms with Gasteiger partial charge >= 0.3 is 11.7 Å². The minimum absolute atomic E-state index is 0.147. The molecular weight excluding hydrogens is 216 g/mol. The average molecular weight is 226 g/mol. The van der Waals surface area contributed by atoms with E-state index in [4.69, 9.17) is 4.74 Å². The van der Waals surface area contributed by atoms with Crippen molar-refractivity contribution < 1.29 is 19.2 Å². The molecule has 0 N–H and O–H groups in total. The molecule has 0 amide bonds. The SMILES string of the molecule is CCOc1cc(C(=O)OC)c([N+](=O)[O-])cn1. The first kappa shape index (κ1) is 11.9. The summed E-state index contributed by atoms with van der Waals surface area (Å²) in [6.45, 7) is 2.09. The van der Waals surface area contributed by atoms with Gasteiger partial charge in [-0.25, -0.2) is 9.78 Å². The number of carbonyl (C=O) groups is 1. The van der Waals surface area contributed by atoms with Gasteiger partial charge in [-0.05, 0) is 6.92 Å². The zero-order valence-corrected chi connectivity index (χ0v) is 8.80. The Balaban J connectivity index is 3.21. The van der Waals surface area contributed by atoms with E-state index in [0.717, 1.165) is 13.3 Å². The number of pyridine rings is 1. The molecule has 7 nitrogen and oxygen atoms in total. The van der Waals surface area contributed by atoms with Crippen molar-refractivity contribution in [2.45, 2.75) is 6.92 Å². The van der Waals surface area contributed by atoms with E-state index in [1.54, 1.807) is 6.92 Å². The van der Waals surface area contributed by atoms with Gasteiger partial charge in [0.2, 0.25) is 5.88 Å². The van der Waals surface area contributed by atoms with Gasteiger partial charge < -0.3 is 9.47 Å². The smallest absolute Gasteiger partial charge is 0.345 e. The molecule has 0 aliphatic rings. The number of ether oxygens (including phenoxy) is 2. The minimum atomic E-state index is -0.796. The number of nitro groups is 1. The molecule has 0 aromatic carbocycles. The van der Waals surface area contributed by atoms with Crippen LogP contribution in [0.25, 0.3) is 0 Å². The van der Waals surface area contributed by atoms with E-state index in [-0.39, 0.29) is 11.4 Å². The van der Waals surface area contributed by atoms with Gasteiger partial charge in [-0.15, -0.1) is 0 Å². The number of rotatable bonds is 4. The van der Waals surface area contributed by atoms with Gasteiger partial charge in [0.05, 0.1) is 18.6 Å². The van der Waals surface area contributed by atoms with E-state index >= 15 is 0 Å². The highest BCUT2D eigenvalue weighted by Crippen LogP contribution is 2.22. The molecule has 0 fully saturated rings. The first-order valence-electron chi connectivity index (χ1n) is 4.45.